The van der Waals surface area contributed by atoms with Gasteiger partial charge in [0.15, 0.2) is 0 Å². The van der Waals surface area contributed by atoms with Crippen molar-refractivity contribution in [2.45, 2.75) is 58.3 Å². The molecule has 0 nitrogen and oxygen atoms in total. The summed E-state index contributed by atoms with van der Waals surface area (Å²) in [6, 6.07) is 4.94. The molecule has 7 rings (SSSR count). The van der Waals surface area contributed by atoms with Gasteiger partial charge in [0.25, 0.3) is 0 Å². The molecule has 2 spiro atoms. The van der Waals surface area contributed by atoms with Crippen molar-refractivity contribution in [1.82, 2.24) is 0 Å². The summed E-state index contributed by atoms with van der Waals surface area (Å²) in [5, 5.41) is 0. The van der Waals surface area contributed by atoms with Crippen molar-refractivity contribution in [2.75, 3.05) is 0 Å². The van der Waals surface area contributed by atoms with E-state index < -0.39 is 0 Å². The highest BCUT2D eigenvalue weighted by Gasteiger charge is 2.88. The zero-order valence-corrected chi connectivity index (χ0v) is 14.1. The van der Waals surface area contributed by atoms with E-state index in [0.717, 1.165) is 17.8 Å². The number of rotatable bonds is 1. The summed E-state index contributed by atoms with van der Waals surface area (Å²) < 4.78 is 0. The predicted molar refractivity (Wildman–Crippen MR) is 90.0 cm³/mol. The summed E-state index contributed by atoms with van der Waals surface area (Å²) in [5.74, 6) is 2.60. The molecule has 22 heavy (non-hydrogen) atoms. The lowest BCUT2D eigenvalue weighted by atomic mass is 9.14. The van der Waals surface area contributed by atoms with Crippen molar-refractivity contribution in [3.8, 4) is 0 Å². The third-order valence-corrected chi connectivity index (χ3v) is 9.57. The van der Waals surface area contributed by atoms with Crippen LogP contribution in [0.25, 0.3) is 0 Å². The van der Waals surface area contributed by atoms with E-state index in [0.29, 0.717) is 16.2 Å². The van der Waals surface area contributed by atoms with E-state index in [1.54, 1.807) is 22.3 Å². The van der Waals surface area contributed by atoms with Crippen LogP contribution in [0.3, 0.4) is 0 Å². The van der Waals surface area contributed by atoms with E-state index in [1.165, 1.54) is 32.1 Å². The van der Waals surface area contributed by atoms with Crippen LogP contribution in [0.1, 0.15) is 55.9 Å². The van der Waals surface area contributed by atoms with Crippen LogP contribution >= 0.6 is 0 Å². The van der Waals surface area contributed by atoms with Gasteiger partial charge in [0.05, 0.1) is 0 Å². The van der Waals surface area contributed by atoms with Crippen molar-refractivity contribution < 1.29 is 0 Å². The average molecular weight is 290 g/mol. The highest BCUT2D eigenvalue weighted by Crippen LogP contribution is 2.92. The van der Waals surface area contributed by atoms with Gasteiger partial charge >= 0.3 is 0 Å². The van der Waals surface area contributed by atoms with Crippen LogP contribution in [0.4, 0.5) is 0 Å². The predicted octanol–water partition coefficient (Wildman–Crippen LogP) is 4.84. The second-order valence-corrected chi connectivity index (χ2v) is 9.29. The molecule has 6 aliphatic rings. The molecule has 4 saturated carbocycles. The number of allylic oxidation sites excluding steroid dienone is 1. The molecule has 6 atom stereocenters. The second kappa shape index (κ2) is 3.12. The van der Waals surface area contributed by atoms with E-state index in [1.807, 2.05) is 5.56 Å². The maximum atomic E-state index is 4.59. The number of aryl methyl sites for hydroxylation is 1. The topological polar surface area (TPSA) is 0 Å². The molecule has 0 saturated heterocycles. The number of fused-ring (bicyclic) bond motifs is 1. The molecule has 6 aliphatic carbocycles. The average Bonchev–Trinajstić information content (AvgIpc) is 2.88. The maximum absolute atomic E-state index is 4.59. The quantitative estimate of drug-likeness (QED) is 0.649. The normalized spacial score (nSPS) is 52.0. The highest BCUT2D eigenvalue weighted by atomic mass is 14.9. The maximum Gasteiger partial charge on any atom is 0.00948 e. The van der Waals surface area contributed by atoms with E-state index >= 15 is 0 Å². The Bertz CT molecular complexity index is 770. The molecule has 0 heterocycles. The largest absolute Gasteiger partial charge is 0.0995 e. The summed E-state index contributed by atoms with van der Waals surface area (Å²) in [6.45, 7) is 12.2. The van der Waals surface area contributed by atoms with Crippen molar-refractivity contribution >= 4 is 0 Å². The lowest BCUT2D eigenvalue weighted by Crippen LogP contribution is -2.85. The molecule has 0 radical (unpaired) electrons. The molecule has 0 aliphatic heterocycles. The molecule has 3 unspecified atom stereocenters. The van der Waals surface area contributed by atoms with Crippen LogP contribution in [-0.2, 0) is 24.7 Å². The number of hydrogen-bond acceptors (Lipinski definition) is 0. The Balaban J connectivity index is 1.72. The Morgan fingerprint density at radius 2 is 2.09 bits per heavy atom. The first-order valence-electron chi connectivity index (χ1n) is 9.33. The van der Waals surface area contributed by atoms with Gasteiger partial charge in [-0.05, 0) is 82.9 Å². The summed E-state index contributed by atoms with van der Waals surface area (Å²) >= 11 is 0. The molecule has 2 bridgehead atoms. The molecule has 0 N–H and O–H groups in total. The Labute approximate surface area is 134 Å². The monoisotopic (exact) mass is 290 g/mol. The zero-order valence-electron chi connectivity index (χ0n) is 14.1. The minimum absolute atomic E-state index is 0.494. The van der Waals surface area contributed by atoms with Crippen molar-refractivity contribution in [3.05, 3.63) is 46.5 Å². The van der Waals surface area contributed by atoms with Gasteiger partial charge in [0, 0.05) is 5.41 Å². The molecule has 0 aromatic heterocycles. The fourth-order valence-electron chi connectivity index (χ4n) is 8.79. The first-order valence-corrected chi connectivity index (χ1v) is 9.33. The lowest BCUT2D eigenvalue weighted by Gasteiger charge is -2.89. The van der Waals surface area contributed by atoms with Gasteiger partial charge in [-0.3, -0.25) is 0 Å². The fraction of sp³-hybridized carbons (Fsp3) is 0.636. The van der Waals surface area contributed by atoms with Gasteiger partial charge in [-0.2, -0.15) is 0 Å². The third-order valence-electron chi connectivity index (χ3n) is 9.57. The SMILES string of the molecule is C=C1CC23C[C@]45c6c(ccc(CC)c6CC14)C[C@@H](C2C)[C@]35C. The molecule has 1 aromatic carbocycles. The lowest BCUT2D eigenvalue weighted by molar-refractivity contribution is -0.356. The molecule has 1 aromatic rings. The molecular formula is C22H26. The van der Waals surface area contributed by atoms with Crippen LogP contribution in [0.5, 0.6) is 0 Å². The van der Waals surface area contributed by atoms with E-state index in [9.17, 15) is 0 Å². The van der Waals surface area contributed by atoms with Gasteiger partial charge in [-0.15, -0.1) is 0 Å². The van der Waals surface area contributed by atoms with Crippen molar-refractivity contribution in [3.63, 3.8) is 0 Å². The number of benzene rings is 1. The molecule has 4 fully saturated rings. The van der Waals surface area contributed by atoms with Crippen LogP contribution in [0.2, 0.25) is 0 Å². The highest BCUT2D eigenvalue weighted by molar-refractivity contribution is 5.63. The van der Waals surface area contributed by atoms with Gasteiger partial charge < -0.3 is 0 Å². The Morgan fingerprint density at radius 1 is 1.27 bits per heavy atom. The van der Waals surface area contributed by atoms with E-state index in [-0.39, 0.29) is 0 Å². The van der Waals surface area contributed by atoms with Gasteiger partial charge in [0.1, 0.15) is 0 Å². The molecule has 114 valence electrons. The molecular weight excluding hydrogens is 264 g/mol. The Kier molecular flexibility index (Phi) is 1.76. The second-order valence-electron chi connectivity index (χ2n) is 9.29. The third kappa shape index (κ3) is 0.809. The van der Waals surface area contributed by atoms with Gasteiger partial charge in [-0.25, -0.2) is 0 Å². The van der Waals surface area contributed by atoms with Crippen LogP contribution < -0.4 is 0 Å². The summed E-state index contributed by atoms with van der Waals surface area (Å²) in [4.78, 5) is 0. The minimum Gasteiger partial charge on any atom is -0.0995 e. The van der Waals surface area contributed by atoms with Gasteiger partial charge in [0.2, 0.25) is 0 Å². The number of hydrogen-bond donors (Lipinski definition) is 0. The molecule has 0 heteroatoms. The fourth-order valence-corrected chi connectivity index (χ4v) is 8.79. The summed E-state index contributed by atoms with van der Waals surface area (Å²) in [5.41, 5.74) is 10.2. The summed E-state index contributed by atoms with van der Waals surface area (Å²) in [6.07, 6.45) is 6.66. The van der Waals surface area contributed by atoms with Gasteiger partial charge in [-0.1, -0.05) is 45.1 Å². The summed E-state index contributed by atoms with van der Waals surface area (Å²) in [7, 11) is 0. The zero-order chi connectivity index (χ0) is 15.1. The van der Waals surface area contributed by atoms with Crippen LogP contribution in [0.15, 0.2) is 24.3 Å². The minimum atomic E-state index is 0.494. The first kappa shape index (κ1) is 12.4. The van der Waals surface area contributed by atoms with E-state index in [4.69, 9.17) is 0 Å². The first-order chi connectivity index (χ1) is 10.5. The van der Waals surface area contributed by atoms with Crippen molar-refractivity contribution in [1.29, 1.82) is 0 Å². The smallest absolute Gasteiger partial charge is 0.00948 e. The van der Waals surface area contributed by atoms with Crippen LogP contribution in [-0.4, -0.2) is 0 Å². The van der Waals surface area contributed by atoms with Crippen LogP contribution in [0, 0.1) is 28.6 Å². The molecule has 0 amide bonds. The van der Waals surface area contributed by atoms with E-state index in [2.05, 4.69) is 39.5 Å². The van der Waals surface area contributed by atoms with Crippen molar-refractivity contribution in [2.24, 2.45) is 28.6 Å². The Morgan fingerprint density at radius 3 is 2.86 bits per heavy atom. The Hall–Kier alpha value is -1.04. The standard InChI is InChI=1S/C22H26/c1-5-14-6-7-15-8-18-13(3)21-10-12(2)17-9-16(14)19(15)22(17,11-21)20(18,21)4/h6-7,13,17-18H,2,5,8-11H2,1,3-4H3/t13?,17?,18-,20+,21?,22+/m0/s1.